The summed E-state index contributed by atoms with van der Waals surface area (Å²) in [5.41, 5.74) is 0.0845. The van der Waals surface area contributed by atoms with Gasteiger partial charge in [-0.3, -0.25) is 0 Å². The zero-order valence-electron chi connectivity index (χ0n) is 10.7. The summed E-state index contributed by atoms with van der Waals surface area (Å²) < 4.78 is 0. The highest BCUT2D eigenvalue weighted by Gasteiger charge is 2.30. The van der Waals surface area contributed by atoms with Crippen LogP contribution in [0.2, 0.25) is 0 Å². The molecule has 15 heavy (non-hydrogen) atoms. The van der Waals surface area contributed by atoms with Crippen molar-refractivity contribution >= 4 is 0 Å². The number of rotatable bonds is 5. The maximum atomic E-state index is 9.38. The summed E-state index contributed by atoms with van der Waals surface area (Å²) in [6.45, 7) is 8.00. The average molecular weight is 214 g/mol. The second-order valence-electron chi connectivity index (χ2n) is 5.46. The van der Waals surface area contributed by atoms with Gasteiger partial charge in [-0.2, -0.15) is 0 Å². The van der Waals surface area contributed by atoms with Crippen LogP contribution in [0.5, 0.6) is 0 Å². The van der Waals surface area contributed by atoms with Gasteiger partial charge in [0, 0.05) is 31.2 Å². The molecule has 1 fully saturated rings. The van der Waals surface area contributed by atoms with Crippen molar-refractivity contribution in [3.63, 3.8) is 0 Å². The molecule has 0 bridgehead atoms. The second kappa shape index (κ2) is 5.28. The van der Waals surface area contributed by atoms with Crippen molar-refractivity contribution in [1.29, 1.82) is 0 Å². The zero-order valence-corrected chi connectivity index (χ0v) is 10.7. The van der Waals surface area contributed by atoms with E-state index >= 15 is 0 Å². The number of hydrogen-bond donors (Lipinski definition) is 1. The smallest absolute Gasteiger partial charge is 0.0496 e. The topological polar surface area (TPSA) is 26.7 Å². The van der Waals surface area contributed by atoms with Gasteiger partial charge in [-0.1, -0.05) is 13.8 Å². The van der Waals surface area contributed by atoms with E-state index in [1.54, 1.807) is 0 Å². The minimum Gasteiger partial charge on any atom is -0.396 e. The van der Waals surface area contributed by atoms with E-state index in [0.717, 1.165) is 19.5 Å². The summed E-state index contributed by atoms with van der Waals surface area (Å²) in [5, 5.41) is 9.38. The molecule has 0 amide bonds. The van der Waals surface area contributed by atoms with Gasteiger partial charge in [-0.25, -0.2) is 0 Å². The highest BCUT2D eigenvalue weighted by atomic mass is 16.3. The van der Waals surface area contributed by atoms with E-state index in [2.05, 4.69) is 37.7 Å². The fraction of sp³-hybridized carbons (Fsp3) is 1.00. The van der Waals surface area contributed by atoms with Crippen LogP contribution in [0.4, 0.5) is 0 Å². The summed E-state index contributed by atoms with van der Waals surface area (Å²) in [6, 6.07) is 0.699. The van der Waals surface area contributed by atoms with Crippen LogP contribution >= 0.6 is 0 Å². The Balaban J connectivity index is 2.41. The lowest BCUT2D eigenvalue weighted by Crippen LogP contribution is -2.38. The lowest BCUT2D eigenvalue weighted by atomic mass is 9.88. The van der Waals surface area contributed by atoms with E-state index in [9.17, 15) is 5.11 Å². The van der Waals surface area contributed by atoms with E-state index in [1.807, 2.05) is 0 Å². The quantitative estimate of drug-likeness (QED) is 0.740. The Hall–Kier alpha value is -0.120. The summed E-state index contributed by atoms with van der Waals surface area (Å²) in [5.74, 6) is 0. The molecule has 1 aliphatic rings. The van der Waals surface area contributed by atoms with Gasteiger partial charge in [0.05, 0.1) is 0 Å². The van der Waals surface area contributed by atoms with Crippen LogP contribution in [-0.2, 0) is 0 Å². The first-order chi connectivity index (χ1) is 7.00. The lowest BCUT2D eigenvalue weighted by Gasteiger charge is -2.31. The van der Waals surface area contributed by atoms with Crippen molar-refractivity contribution < 1.29 is 5.11 Å². The van der Waals surface area contributed by atoms with Crippen molar-refractivity contribution in [1.82, 2.24) is 9.80 Å². The van der Waals surface area contributed by atoms with E-state index in [-0.39, 0.29) is 5.41 Å². The van der Waals surface area contributed by atoms with Gasteiger partial charge >= 0.3 is 0 Å². The largest absolute Gasteiger partial charge is 0.396 e. The standard InChI is InChI=1S/C12H26N2O/c1-5-12(2,10-15)9-14-7-6-11(8-14)13(3)4/h11,15H,5-10H2,1-4H3. The number of aliphatic hydroxyl groups excluding tert-OH is 1. The molecule has 0 aromatic rings. The molecule has 0 aliphatic carbocycles. The summed E-state index contributed by atoms with van der Waals surface area (Å²) in [6.07, 6.45) is 2.31. The first-order valence-corrected chi connectivity index (χ1v) is 6.00. The first kappa shape index (κ1) is 12.9. The third-order valence-electron chi connectivity index (χ3n) is 3.82. The monoisotopic (exact) mass is 214 g/mol. The van der Waals surface area contributed by atoms with Crippen LogP contribution in [0.3, 0.4) is 0 Å². The predicted octanol–water partition coefficient (Wildman–Crippen LogP) is 1.03. The van der Waals surface area contributed by atoms with Crippen LogP contribution < -0.4 is 0 Å². The molecule has 0 saturated carbocycles. The van der Waals surface area contributed by atoms with Gasteiger partial charge in [0.1, 0.15) is 0 Å². The van der Waals surface area contributed by atoms with Gasteiger partial charge < -0.3 is 14.9 Å². The van der Waals surface area contributed by atoms with Gasteiger partial charge in [0.15, 0.2) is 0 Å². The van der Waals surface area contributed by atoms with Gasteiger partial charge in [-0.05, 0) is 33.5 Å². The molecule has 2 atom stereocenters. The van der Waals surface area contributed by atoms with Gasteiger partial charge in [0.2, 0.25) is 0 Å². The van der Waals surface area contributed by atoms with Crippen LogP contribution in [0.15, 0.2) is 0 Å². The molecular weight excluding hydrogens is 188 g/mol. The third-order valence-corrected chi connectivity index (χ3v) is 3.82. The highest BCUT2D eigenvalue weighted by molar-refractivity contribution is 4.85. The Morgan fingerprint density at radius 1 is 1.47 bits per heavy atom. The van der Waals surface area contributed by atoms with Crippen LogP contribution in [0, 0.1) is 5.41 Å². The molecule has 1 heterocycles. The summed E-state index contributed by atoms with van der Waals surface area (Å²) >= 11 is 0. The average Bonchev–Trinajstić information content (AvgIpc) is 2.66. The van der Waals surface area contributed by atoms with Crippen molar-refractivity contribution in [3.05, 3.63) is 0 Å². The Labute approximate surface area is 94.1 Å². The molecule has 3 heteroatoms. The van der Waals surface area contributed by atoms with Crippen molar-refractivity contribution in [2.24, 2.45) is 5.41 Å². The van der Waals surface area contributed by atoms with Crippen LogP contribution in [0.1, 0.15) is 26.7 Å². The van der Waals surface area contributed by atoms with Gasteiger partial charge in [0.25, 0.3) is 0 Å². The van der Waals surface area contributed by atoms with E-state index in [0.29, 0.717) is 12.6 Å². The fourth-order valence-corrected chi connectivity index (χ4v) is 2.19. The summed E-state index contributed by atoms with van der Waals surface area (Å²) in [4.78, 5) is 4.80. The number of likely N-dealkylation sites (N-methyl/N-ethyl adjacent to an activating group) is 1. The lowest BCUT2D eigenvalue weighted by molar-refractivity contribution is 0.0921. The molecule has 0 radical (unpaired) electrons. The number of nitrogens with zero attached hydrogens (tertiary/aromatic N) is 2. The van der Waals surface area contributed by atoms with Crippen molar-refractivity contribution in [2.75, 3.05) is 40.3 Å². The van der Waals surface area contributed by atoms with E-state index in [1.165, 1.54) is 13.0 Å². The van der Waals surface area contributed by atoms with Crippen LogP contribution in [-0.4, -0.2) is 61.3 Å². The summed E-state index contributed by atoms with van der Waals surface area (Å²) in [7, 11) is 4.30. The molecule has 1 N–H and O–H groups in total. The Bertz CT molecular complexity index is 190. The van der Waals surface area contributed by atoms with Crippen molar-refractivity contribution in [3.8, 4) is 0 Å². The van der Waals surface area contributed by atoms with E-state index < -0.39 is 0 Å². The normalized spacial score (nSPS) is 27.2. The number of aliphatic hydroxyl groups is 1. The molecule has 0 aromatic heterocycles. The van der Waals surface area contributed by atoms with E-state index in [4.69, 9.17) is 0 Å². The SMILES string of the molecule is CCC(C)(CO)CN1CCC(N(C)C)C1. The number of likely N-dealkylation sites (tertiary alicyclic amines) is 1. The predicted molar refractivity (Wildman–Crippen MR) is 64.0 cm³/mol. The molecule has 1 saturated heterocycles. The molecule has 2 unspecified atom stereocenters. The molecule has 3 nitrogen and oxygen atoms in total. The Morgan fingerprint density at radius 3 is 2.53 bits per heavy atom. The molecule has 90 valence electrons. The fourth-order valence-electron chi connectivity index (χ4n) is 2.19. The maximum absolute atomic E-state index is 9.38. The maximum Gasteiger partial charge on any atom is 0.0496 e. The molecular formula is C12H26N2O. The van der Waals surface area contributed by atoms with Gasteiger partial charge in [-0.15, -0.1) is 0 Å². The third kappa shape index (κ3) is 3.44. The second-order valence-corrected chi connectivity index (χ2v) is 5.46. The Morgan fingerprint density at radius 2 is 2.13 bits per heavy atom. The number of hydrogen-bond acceptors (Lipinski definition) is 3. The minimum atomic E-state index is 0.0845. The molecule has 0 spiro atoms. The highest BCUT2D eigenvalue weighted by Crippen LogP contribution is 2.24. The molecule has 0 aromatic carbocycles. The molecule has 1 rings (SSSR count). The Kier molecular flexibility index (Phi) is 4.56. The zero-order chi connectivity index (χ0) is 11.5. The molecule has 1 aliphatic heterocycles. The minimum absolute atomic E-state index is 0.0845. The first-order valence-electron chi connectivity index (χ1n) is 6.00. The van der Waals surface area contributed by atoms with Crippen LogP contribution in [0.25, 0.3) is 0 Å². The van der Waals surface area contributed by atoms with Crippen molar-refractivity contribution in [2.45, 2.75) is 32.7 Å².